The van der Waals surface area contributed by atoms with Crippen molar-refractivity contribution in [1.82, 2.24) is 15.1 Å². The van der Waals surface area contributed by atoms with E-state index in [9.17, 15) is 9.18 Å². The highest BCUT2D eigenvalue weighted by Crippen LogP contribution is 2.29. The summed E-state index contributed by atoms with van der Waals surface area (Å²) in [7, 11) is 1.78. The Bertz CT molecular complexity index is 742. The molecule has 116 valence electrons. The number of halogens is 2. The molecule has 2 aromatic rings. The molecule has 0 saturated heterocycles. The maximum absolute atomic E-state index is 13.8. The van der Waals surface area contributed by atoms with Crippen molar-refractivity contribution in [2.24, 2.45) is 7.05 Å². The van der Waals surface area contributed by atoms with Crippen LogP contribution in [0.1, 0.15) is 23.3 Å². The van der Waals surface area contributed by atoms with Crippen LogP contribution in [0.5, 0.6) is 0 Å². The van der Waals surface area contributed by atoms with Crippen molar-refractivity contribution in [2.75, 3.05) is 0 Å². The van der Waals surface area contributed by atoms with Crippen molar-refractivity contribution in [3.8, 4) is 0 Å². The molecule has 6 heteroatoms. The van der Waals surface area contributed by atoms with Crippen molar-refractivity contribution in [2.45, 2.75) is 30.4 Å². The number of amides is 1. The van der Waals surface area contributed by atoms with Gasteiger partial charge in [-0.05, 0) is 18.1 Å². The molecule has 3 rings (SSSR count). The predicted octanol–water partition coefficient (Wildman–Crippen LogP) is 2.97. The summed E-state index contributed by atoms with van der Waals surface area (Å²) in [6.45, 7) is 3.67. The molecule has 1 aliphatic rings. The van der Waals surface area contributed by atoms with Gasteiger partial charge >= 0.3 is 0 Å². The molecule has 1 fully saturated rings. The number of carbonyl (C=O) groups is 1. The molecule has 0 radical (unpaired) electrons. The summed E-state index contributed by atoms with van der Waals surface area (Å²) in [5.41, 5.74) is 1.70. The molecule has 4 nitrogen and oxygen atoms in total. The van der Waals surface area contributed by atoms with Crippen LogP contribution in [0.15, 0.2) is 36.4 Å². The van der Waals surface area contributed by atoms with Crippen molar-refractivity contribution >= 4 is 28.4 Å². The van der Waals surface area contributed by atoms with E-state index in [1.807, 2.05) is 24.3 Å². The van der Waals surface area contributed by atoms with E-state index >= 15 is 0 Å². The summed E-state index contributed by atoms with van der Waals surface area (Å²) in [6.07, 6.45) is -0.596. The second-order valence-electron chi connectivity index (χ2n) is 5.65. The zero-order valence-corrected chi connectivity index (χ0v) is 13.0. The van der Waals surface area contributed by atoms with Crippen LogP contribution in [0.3, 0.4) is 0 Å². The van der Waals surface area contributed by atoms with Crippen molar-refractivity contribution in [1.29, 1.82) is 0 Å². The van der Waals surface area contributed by atoms with E-state index in [1.165, 1.54) is 0 Å². The quantitative estimate of drug-likeness (QED) is 0.683. The van der Waals surface area contributed by atoms with Gasteiger partial charge in [-0.1, -0.05) is 24.8 Å². The van der Waals surface area contributed by atoms with E-state index in [0.29, 0.717) is 17.7 Å². The predicted molar refractivity (Wildman–Crippen MR) is 84.9 cm³/mol. The van der Waals surface area contributed by atoms with Crippen LogP contribution in [0.4, 0.5) is 4.39 Å². The maximum Gasteiger partial charge on any atom is 0.272 e. The number of carbonyl (C=O) groups excluding carboxylic acids is 1. The van der Waals surface area contributed by atoms with Gasteiger partial charge in [0.2, 0.25) is 0 Å². The molecule has 1 aromatic heterocycles. The fourth-order valence-electron chi connectivity index (χ4n) is 2.83. The third-order valence-electron chi connectivity index (χ3n) is 4.09. The lowest BCUT2D eigenvalue weighted by atomic mass is 9.89. The topological polar surface area (TPSA) is 46.9 Å². The Balaban J connectivity index is 1.83. The zero-order chi connectivity index (χ0) is 15.9. The third kappa shape index (κ3) is 2.61. The van der Waals surface area contributed by atoms with E-state index in [4.69, 9.17) is 11.6 Å². The Morgan fingerprint density at radius 1 is 1.50 bits per heavy atom. The number of fused-ring (bicyclic) bond motifs is 1. The van der Waals surface area contributed by atoms with Gasteiger partial charge in [-0.15, -0.1) is 11.6 Å². The zero-order valence-electron chi connectivity index (χ0n) is 12.2. The summed E-state index contributed by atoms with van der Waals surface area (Å²) in [4.78, 5) is 12.5. The maximum atomic E-state index is 13.8. The van der Waals surface area contributed by atoms with Crippen LogP contribution in [0, 0.1) is 0 Å². The molecule has 22 heavy (non-hydrogen) atoms. The molecule has 0 spiro atoms. The molecular weight excluding hydrogens is 305 g/mol. The van der Waals surface area contributed by atoms with Gasteiger partial charge in [0.25, 0.3) is 5.91 Å². The fraction of sp³-hybridized carbons (Fsp3) is 0.375. The highest BCUT2D eigenvalue weighted by atomic mass is 35.5. The van der Waals surface area contributed by atoms with Gasteiger partial charge in [0.05, 0.1) is 10.9 Å². The number of benzene rings is 1. The Morgan fingerprint density at radius 3 is 3.00 bits per heavy atom. The standard InChI is InChI=1S/C16H17ClFN3O/c1-9-7-11(17)13(8-12(9)18)19-16(22)15-10-5-3-4-6-14(10)21(2)20-15/h3-6,11-13H,1,7-8H2,2H3,(H,19,22). The van der Waals surface area contributed by atoms with Gasteiger partial charge in [-0.25, -0.2) is 4.39 Å². The minimum atomic E-state index is -1.12. The smallest absolute Gasteiger partial charge is 0.272 e. The third-order valence-corrected chi connectivity index (χ3v) is 4.55. The van der Waals surface area contributed by atoms with Crippen LogP contribution in [-0.4, -0.2) is 33.3 Å². The Labute approximate surface area is 132 Å². The number of hydrogen-bond donors (Lipinski definition) is 1. The van der Waals surface area contributed by atoms with Crippen LogP contribution in [0.25, 0.3) is 10.9 Å². The first kappa shape index (κ1) is 15.0. The Kier molecular flexibility index (Phi) is 3.91. The van der Waals surface area contributed by atoms with Crippen LogP contribution >= 0.6 is 11.6 Å². The molecule has 1 N–H and O–H groups in total. The second-order valence-corrected chi connectivity index (χ2v) is 6.21. The number of allylic oxidation sites excluding steroid dienone is 1. The number of rotatable bonds is 2. The Hall–Kier alpha value is -1.88. The minimum absolute atomic E-state index is 0.156. The van der Waals surface area contributed by atoms with E-state index in [1.54, 1.807) is 11.7 Å². The monoisotopic (exact) mass is 321 g/mol. The first-order valence-corrected chi connectivity index (χ1v) is 7.59. The summed E-state index contributed by atoms with van der Waals surface area (Å²) in [5.74, 6) is -0.327. The SMILES string of the molecule is C=C1CC(Cl)C(NC(=O)c2nn(C)c3ccccc23)CC1F. The molecule has 1 aromatic carbocycles. The number of hydrogen-bond acceptors (Lipinski definition) is 2. The molecule has 1 saturated carbocycles. The number of aryl methyl sites for hydroxylation is 1. The van der Waals surface area contributed by atoms with Gasteiger partial charge in [-0.3, -0.25) is 9.48 Å². The van der Waals surface area contributed by atoms with E-state index in [-0.39, 0.29) is 17.7 Å². The molecular formula is C16H17ClFN3O. The number of para-hydroxylation sites is 1. The molecule has 0 aliphatic heterocycles. The summed E-state index contributed by atoms with van der Waals surface area (Å²) >= 11 is 6.23. The van der Waals surface area contributed by atoms with E-state index in [2.05, 4.69) is 17.0 Å². The lowest BCUT2D eigenvalue weighted by Crippen LogP contribution is -2.46. The molecule has 1 aliphatic carbocycles. The number of aromatic nitrogens is 2. The lowest BCUT2D eigenvalue weighted by molar-refractivity contribution is 0.0919. The van der Waals surface area contributed by atoms with E-state index in [0.717, 1.165) is 10.9 Å². The summed E-state index contributed by atoms with van der Waals surface area (Å²) in [5, 5.41) is 7.50. The first-order chi connectivity index (χ1) is 10.5. The van der Waals surface area contributed by atoms with Crippen LogP contribution < -0.4 is 5.32 Å². The highest BCUT2D eigenvalue weighted by molar-refractivity contribution is 6.21. The molecule has 0 bridgehead atoms. The lowest BCUT2D eigenvalue weighted by Gasteiger charge is -2.31. The normalized spacial score (nSPS) is 25.4. The minimum Gasteiger partial charge on any atom is -0.346 e. The average molecular weight is 322 g/mol. The van der Waals surface area contributed by atoms with Crippen molar-refractivity contribution < 1.29 is 9.18 Å². The first-order valence-electron chi connectivity index (χ1n) is 7.15. The molecule has 1 amide bonds. The van der Waals surface area contributed by atoms with E-state index < -0.39 is 12.2 Å². The van der Waals surface area contributed by atoms with Gasteiger partial charge in [-0.2, -0.15) is 5.10 Å². The molecule has 3 unspecified atom stereocenters. The van der Waals surface area contributed by atoms with Gasteiger partial charge in [0, 0.05) is 24.9 Å². The molecule has 1 heterocycles. The molecule has 3 atom stereocenters. The highest BCUT2D eigenvalue weighted by Gasteiger charge is 2.33. The van der Waals surface area contributed by atoms with Crippen molar-refractivity contribution in [3.63, 3.8) is 0 Å². The van der Waals surface area contributed by atoms with Gasteiger partial charge < -0.3 is 5.32 Å². The largest absolute Gasteiger partial charge is 0.346 e. The number of nitrogens with one attached hydrogen (secondary N) is 1. The number of nitrogens with zero attached hydrogens (tertiary/aromatic N) is 2. The second kappa shape index (κ2) is 5.72. The van der Waals surface area contributed by atoms with Gasteiger partial charge in [0.15, 0.2) is 5.69 Å². The number of alkyl halides is 2. The average Bonchev–Trinajstić information content (AvgIpc) is 2.83. The Morgan fingerprint density at radius 2 is 2.23 bits per heavy atom. The fourth-order valence-corrected chi connectivity index (χ4v) is 3.19. The van der Waals surface area contributed by atoms with Crippen LogP contribution in [-0.2, 0) is 7.05 Å². The van der Waals surface area contributed by atoms with Gasteiger partial charge in [0.1, 0.15) is 6.17 Å². The van der Waals surface area contributed by atoms with Crippen LogP contribution in [0.2, 0.25) is 0 Å². The summed E-state index contributed by atoms with van der Waals surface area (Å²) in [6, 6.07) is 7.06. The van der Waals surface area contributed by atoms with Crippen molar-refractivity contribution in [3.05, 3.63) is 42.1 Å². The summed E-state index contributed by atoms with van der Waals surface area (Å²) < 4.78 is 15.4.